The molecule has 7 nitrogen and oxygen atoms in total. The van der Waals surface area contributed by atoms with Crippen LogP contribution in [0, 0.1) is 11.3 Å². The standard InChI is InChI=1S/C17H13N7/c18-10-12-3-1-7-21-16(12)24-15-5-4-13(9-14(15)22-17(24)19)23-8-2-6-20-11-23/h1-9H,11H2,(H2,19,22). The van der Waals surface area contributed by atoms with E-state index < -0.39 is 0 Å². The molecule has 24 heavy (non-hydrogen) atoms. The number of allylic oxidation sites excluding steroid dienone is 1. The van der Waals surface area contributed by atoms with E-state index in [0.29, 0.717) is 24.0 Å². The van der Waals surface area contributed by atoms with Gasteiger partial charge in [0.15, 0.2) is 5.82 Å². The number of pyridine rings is 1. The Morgan fingerprint density at radius 2 is 2.17 bits per heavy atom. The minimum atomic E-state index is 0.296. The smallest absolute Gasteiger partial charge is 0.207 e. The summed E-state index contributed by atoms with van der Waals surface area (Å²) in [7, 11) is 0. The molecule has 0 atom stereocenters. The Bertz CT molecular complexity index is 1020. The lowest BCUT2D eigenvalue weighted by Crippen LogP contribution is -2.18. The van der Waals surface area contributed by atoms with Crippen molar-refractivity contribution in [2.24, 2.45) is 4.99 Å². The number of rotatable bonds is 2. The van der Waals surface area contributed by atoms with Gasteiger partial charge in [-0.25, -0.2) is 9.97 Å². The number of imidazole rings is 1. The van der Waals surface area contributed by atoms with Crippen LogP contribution in [0.3, 0.4) is 0 Å². The Labute approximate surface area is 138 Å². The second-order valence-electron chi connectivity index (χ2n) is 5.25. The topological polar surface area (TPSA) is 96.1 Å². The van der Waals surface area contributed by atoms with Crippen LogP contribution in [0.5, 0.6) is 0 Å². The Balaban J connectivity index is 1.86. The third kappa shape index (κ3) is 2.18. The van der Waals surface area contributed by atoms with E-state index in [1.807, 2.05) is 35.4 Å². The van der Waals surface area contributed by atoms with Gasteiger partial charge in [0.1, 0.15) is 12.7 Å². The molecule has 2 aromatic heterocycles. The number of nitrogen functional groups attached to an aromatic ring is 1. The molecule has 0 fully saturated rings. The zero-order valence-corrected chi connectivity index (χ0v) is 12.7. The van der Waals surface area contributed by atoms with Crippen molar-refractivity contribution in [1.82, 2.24) is 14.5 Å². The second kappa shape index (κ2) is 5.52. The van der Waals surface area contributed by atoms with Crippen LogP contribution < -0.4 is 10.6 Å². The lowest BCUT2D eigenvalue weighted by molar-refractivity contribution is 0.971. The first-order valence-electron chi connectivity index (χ1n) is 7.34. The van der Waals surface area contributed by atoms with Crippen LogP contribution in [0.4, 0.5) is 11.6 Å². The normalized spacial score (nSPS) is 13.4. The molecule has 1 aliphatic rings. The fourth-order valence-electron chi connectivity index (χ4n) is 2.70. The molecular formula is C17H13N7. The first-order valence-corrected chi connectivity index (χ1v) is 7.34. The van der Waals surface area contributed by atoms with Gasteiger partial charge in [-0.2, -0.15) is 5.26 Å². The molecule has 0 spiro atoms. The largest absolute Gasteiger partial charge is 0.369 e. The maximum Gasteiger partial charge on any atom is 0.207 e. The van der Waals surface area contributed by atoms with Gasteiger partial charge in [-0.1, -0.05) is 0 Å². The van der Waals surface area contributed by atoms with Gasteiger partial charge in [0.05, 0.1) is 16.6 Å². The van der Waals surface area contributed by atoms with E-state index in [1.165, 1.54) is 0 Å². The molecule has 1 aromatic carbocycles. The third-order valence-electron chi connectivity index (χ3n) is 3.81. The number of aliphatic imine (C=N–C) groups is 1. The number of hydrogen-bond acceptors (Lipinski definition) is 6. The molecule has 4 rings (SSSR count). The van der Waals surface area contributed by atoms with Gasteiger partial charge in [-0.3, -0.25) is 9.56 Å². The van der Waals surface area contributed by atoms with Crippen LogP contribution in [-0.2, 0) is 0 Å². The molecule has 7 heteroatoms. The summed E-state index contributed by atoms with van der Waals surface area (Å²) in [5, 5.41) is 9.30. The van der Waals surface area contributed by atoms with Crippen LogP contribution in [0.1, 0.15) is 5.56 Å². The molecule has 0 radical (unpaired) electrons. The highest BCUT2D eigenvalue weighted by Gasteiger charge is 2.15. The lowest BCUT2D eigenvalue weighted by Gasteiger charge is -2.19. The number of hydrogen-bond donors (Lipinski definition) is 1. The molecule has 0 unspecified atom stereocenters. The molecule has 3 aromatic rings. The SMILES string of the molecule is N#Cc1cccnc1-n1c(N)nc2cc(N3C=CC=NC3)ccc21. The number of fused-ring (bicyclic) bond motifs is 1. The quantitative estimate of drug-likeness (QED) is 0.782. The molecule has 1 aliphatic heterocycles. The number of nitriles is 1. The van der Waals surface area contributed by atoms with E-state index in [-0.39, 0.29) is 0 Å². The summed E-state index contributed by atoms with van der Waals surface area (Å²) in [6.07, 6.45) is 7.24. The molecular weight excluding hydrogens is 302 g/mol. The minimum Gasteiger partial charge on any atom is -0.369 e. The van der Waals surface area contributed by atoms with Crippen molar-refractivity contribution in [1.29, 1.82) is 5.26 Å². The van der Waals surface area contributed by atoms with Gasteiger partial charge < -0.3 is 10.6 Å². The van der Waals surface area contributed by atoms with Crippen LogP contribution in [0.15, 0.2) is 53.8 Å². The number of nitrogens with zero attached hydrogens (tertiary/aromatic N) is 6. The molecule has 2 N–H and O–H groups in total. The zero-order valence-electron chi connectivity index (χ0n) is 12.7. The predicted octanol–water partition coefficient (Wildman–Crippen LogP) is 2.24. The lowest BCUT2D eigenvalue weighted by atomic mass is 10.2. The zero-order chi connectivity index (χ0) is 16.5. The summed E-state index contributed by atoms with van der Waals surface area (Å²) in [4.78, 5) is 15.0. The average Bonchev–Trinajstić information content (AvgIpc) is 2.97. The van der Waals surface area contributed by atoms with Gasteiger partial charge in [0, 0.05) is 24.3 Å². The maximum absolute atomic E-state index is 9.30. The number of aromatic nitrogens is 3. The molecule has 0 saturated heterocycles. The number of anilines is 2. The van der Waals surface area contributed by atoms with Gasteiger partial charge in [0.2, 0.25) is 5.95 Å². The van der Waals surface area contributed by atoms with Crippen molar-refractivity contribution in [3.05, 3.63) is 54.4 Å². The van der Waals surface area contributed by atoms with E-state index >= 15 is 0 Å². The van der Waals surface area contributed by atoms with Crippen molar-refractivity contribution in [2.45, 2.75) is 0 Å². The van der Waals surface area contributed by atoms with Gasteiger partial charge in [0.25, 0.3) is 0 Å². The molecule has 0 amide bonds. The Hall–Kier alpha value is -3.66. The van der Waals surface area contributed by atoms with Crippen molar-refractivity contribution >= 4 is 28.9 Å². The monoisotopic (exact) mass is 315 g/mol. The Morgan fingerprint density at radius 3 is 2.96 bits per heavy atom. The van der Waals surface area contributed by atoms with Crippen LogP contribution >= 0.6 is 0 Å². The summed E-state index contributed by atoms with van der Waals surface area (Å²) in [6, 6.07) is 11.4. The van der Waals surface area contributed by atoms with Crippen LogP contribution in [0.2, 0.25) is 0 Å². The number of benzene rings is 1. The molecule has 0 aliphatic carbocycles. The minimum absolute atomic E-state index is 0.296. The summed E-state index contributed by atoms with van der Waals surface area (Å²) in [6.45, 7) is 0.566. The van der Waals surface area contributed by atoms with Crippen molar-refractivity contribution in [3.8, 4) is 11.9 Å². The predicted molar refractivity (Wildman–Crippen MR) is 93.0 cm³/mol. The van der Waals surface area contributed by atoms with Crippen molar-refractivity contribution in [3.63, 3.8) is 0 Å². The molecule has 3 heterocycles. The highest BCUT2D eigenvalue weighted by atomic mass is 15.2. The second-order valence-corrected chi connectivity index (χ2v) is 5.25. The Morgan fingerprint density at radius 1 is 1.25 bits per heavy atom. The Kier molecular flexibility index (Phi) is 3.21. The maximum atomic E-state index is 9.30. The van der Waals surface area contributed by atoms with Crippen LogP contribution in [-0.4, -0.2) is 27.4 Å². The summed E-state index contributed by atoms with van der Waals surface area (Å²) in [5.41, 5.74) is 9.05. The van der Waals surface area contributed by atoms with Crippen LogP contribution in [0.25, 0.3) is 16.9 Å². The average molecular weight is 315 g/mol. The van der Waals surface area contributed by atoms with Gasteiger partial charge in [-0.15, -0.1) is 0 Å². The van der Waals surface area contributed by atoms with Gasteiger partial charge >= 0.3 is 0 Å². The third-order valence-corrected chi connectivity index (χ3v) is 3.81. The summed E-state index contributed by atoms with van der Waals surface area (Å²) < 4.78 is 1.70. The highest BCUT2D eigenvalue weighted by Crippen LogP contribution is 2.27. The summed E-state index contributed by atoms with van der Waals surface area (Å²) >= 11 is 0. The fraction of sp³-hybridized carbons (Fsp3) is 0.0588. The molecule has 116 valence electrons. The summed E-state index contributed by atoms with van der Waals surface area (Å²) in [5.74, 6) is 0.778. The van der Waals surface area contributed by atoms with Crippen molar-refractivity contribution < 1.29 is 0 Å². The molecule has 0 saturated carbocycles. The van der Waals surface area contributed by atoms with E-state index in [1.54, 1.807) is 29.1 Å². The first kappa shape index (κ1) is 14.0. The van der Waals surface area contributed by atoms with E-state index in [0.717, 1.165) is 16.7 Å². The van der Waals surface area contributed by atoms with Crippen molar-refractivity contribution in [2.75, 3.05) is 17.3 Å². The highest BCUT2D eigenvalue weighted by molar-refractivity contribution is 5.85. The molecule has 0 bridgehead atoms. The van der Waals surface area contributed by atoms with E-state index in [9.17, 15) is 5.26 Å². The number of nitrogens with two attached hydrogens (primary N) is 1. The fourth-order valence-corrected chi connectivity index (χ4v) is 2.70. The van der Waals surface area contributed by atoms with Gasteiger partial charge in [-0.05, 0) is 36.4 Å². The van der Waals surface area contributed by atoms with E-state index in [2.05, 4.69) is 21.0 Å². The van der Waals surface area contributed by atoms with E-state index in [4.69, 9.17) is 5.73 Å². The first-order chi connectivity index (χ1) is 11.8.